The van der Waals surface area contributed by atoms with Gasteiger partial charge in [0.05, 0.1) is 6.20 Å². The molecule has 3 nitrogen and oxygen atoms in total. The number of aryl methyl sites for hydroxylation is 1. The molecule has 2 aromatic rings. The Morgan fingerprint density at radius 1 is 1.27 bits per heavy atom. The van der Waals surface area contributed by atoms with E-state index in [1.165, 1.54) is 12.5 Å². The Morgan fingerprint density at radius 3 is 2.73 bits per heavy atom. The number of benzene rings is 1. The van der Waals surface area contributed by atoms with E-state index in [9.17, 15) is 4.79 Å². The van der Waals surface area contributed by atoms with Crippen molar-refractivity contribution >= 4 is 5.78 Å². The van der Waals surface area contributed by atoms with Crippen LogP contribution in [0.3, 0.4) is 0 Å². The quantitative estimate of drug-likeness (QED) is 0.714. The molecule has 15 heavy (non-hydrogen) atoms. The van der Waals surface area contributed by atoms with Gasteiger partial charge in [0.1, 0.15) is 6.26 Å². The van der Waals surface area contributed by atoms with E-state index in [2.05, 4.69) is 4.98 Å². The van der Waals surface area contributed by atoms with Gasteiger partial charge in [0.2, 0.25) is 5.78 Å². The second kappa shape index (κ2) is 4.55. The zero-order chi connectivity index (χ0) is 10.5. The maximum atomic E-state index is 11.5. The van der Waals surface area contributed by atoms with Crippen molar-refractivity contribution in [2.24, 2.45) is 0 Å². The largest absolute Gasteiger partial charge is 0.442 e. The molecule has 1 heterocycles. The van der Waals surface area contributed by atoms with E-state index < -0.39 is 0 Å². The van der Waals surface area contributed by atoms with Crippen LogP contribution in [0.5, 0.6) is 0 Å². The molecule has 0 saturated heterocycles. The molecular weight excluding hydrogens is 190 g/mol. The normalized spacial score (nSPS) is 10.1. The average Bonchev–Trinajstić information content (AvgIpc) is 2.81. The number of rotatable bonds is 4. The topological polar surface area (TPSA) is 43.1 Å². The average molecular weight is 201 g/mol. The number of nitrogens with zero attached hydrogens (tertiary/aromatic N) is 1. The molecule has 2 rings (SSSR count). The van der Waals surface area contributed by atoms with Gasteiger partial charge in [-0.05, 0) is 12.0 Å². The second-order valence-electron chi connectivity index (χ2n) is 3.25. The van der Waals surface area contributed by atoms with Gasteiger partial charge < -0.3 is 4.42 Å². The molecule has 0 spiro atoms. The van der Waals surface area contributed by atoms with Crippen molar-refractivity contribution in [3.8, 4) is 0 Å². The monoisotopic (exact) mass is 201 g/mol. The van der Waals surface area contributed by atoms with Crippen LogP contribution in [0.1, 0.15) is 22.7 Å². The first-order valence-corrected chi connectivity index (χ1v) is 4.83. The summed E-state index contributed by atoms with van der Waals surface area (Å²) < 4.78 is 4.92. The number of Topliss-reactive ketones (excluding diaryl/α,β-unsaturated/α-hetero) is 1. The van der Waals surface area contributed by atoms with Crippen LogP contribution in [0.4, 0.5) is 0 Å². The summed E-state index contributed by atoms with van der Waals surface area (Å²) in [4.78, 5) is 15.3. The van der Waals surface area contributed by atoms with Crippen LogP contribution in [0, 0.1) is 0 Å². The Balaban J connectivity index is 1.92. The predicted octanol–water partition coefficient (Wildman–Crippen LogP) is 2.49. The van der Waals surface area contributed by atoms with Crippen molar-refractivity contribution in [2.45, 2.75) is 12.8 Å². The van der Waals surface area contributed by atoms with Crippen LogP contribution in [-0.2, 0) is 6.42 Å². The highest BCUT2D eigenvalue weighted by Crippen LogP contribution is 2.06. The van der Waals surface area contributed by atoms with Crippen molar-refractivity contribution in [2.75, 3.05) is 0 Å². The molecule has 0 N–H and O–H groups in total. The van der Waals surface area contributed by atoms with Gasteiger partial charge >= 0.3 is 0 Å². The Labute approximate surface area is 87.8 Å². The fourth-order valence-corrected chi connectivity index (χ4v) is 1.37. The van der Waals surface area contributed by atoms with Gasteiger partial charge in [-0.25, -0.2) is 4.98 Å². The summed E-state index contributed by atoms with van der Waals surface area (Å²) in [7, 11) is 0. The van der Waals surface area contributed by atoms with E-state index in [-0.39, 0.29) is 11.7 Å². The highest BCUT2D eigenvalue weighted by molar-refractivity contribution is 5.91. The van der Waals surface area contributed by atoms with Crippen LogP contribution in [0.15, 0.2) is 47.2 Å². The summed E-state index contributed by atoms with van der Waals surface area (Å²) in [5.74, 6) is 0.148. The van der Waals surface area contributed by atoms with E-state index in [4.69, 9.17) is 4.42 Å². The number of aromatic nitrogens is 1. The van der Waals surface area contributed by atoms with E-state index in [1.807, 2.05) is 30.3 Å². The van der Waals surface area contributed by atoms with Gasteiger partial charge in [0.15, 0.2) is 0 Å². The molecule has 1 aromatic heterocycles. The maximum absolute atomic E-state index is 11.5. The Bertz CT molecular complexity index is 420. The van der Waals surface area contributed by atoms with Gasteiger partial charge in [-0.2, -0.15) is 0 Å². The number of hydrogen-bond acceptors (Lipinski definition) is 3. The summed E-state index contributed by atoms with van der Waals surface area (Å²) in [5, 5.41) is 0. The Morgan fingerprint density at radius 2 is 2.07 bits per heavy atom. The first-order chi connectivity index (χ1) is 7.36. The predicted molar refractivity (Wildman–Crippen MR) is 55.6 cm³/mol. The summed E-state index contributed by atoms with van der Waals surface area (Å²) in [6.45, 7) is 0. The SMILES string of the molecule is O=C(CCc1ccccc1)c1ncco1. The number of ketones is 1. The lowest BCUT2D eigenvalue weighted by molar-refractivity contribution is 0.0949. The lowest BCUT2D eigenvalue weighted by Gasteiger charge is -1.97. The van der Waals surface area contributed by atoms with Gasteiger partial charge in [-0.1, -0.05) is 30.3 Å². The minimum Gasteiger partial charge on any atom is -0.442 e. The van der Waals surface area contributed by atoms with E-state index >= 15 is 0 Å². The van der Waals surface area contributed by atoms with Crippen molar-refractivity contribution in [1.82, 2.24) is 4.98 Å². The molecule has 0 atom stereocenters. The number of carbonyl (C=O) groups excluding carboxylic acids is 1. The molecule has 0 bridgehead atoms. The molecule has 0 aliphatic rings. The third kappa shape index (κ3) is 2.53. The summed E-state index contributed by atoms with van der Waals surface area (Å²) in [6, 6.07) is 9.89. The molecule has 3 heteroatoms. The molecule has 0 fully saturated rings. The molecule has 0 saturated carbocycles. The zero-order valence-electron chi connectivity index (χ0n) is 8.22. The molecule has 0 aliphatic carbocycles. The lowest BCUT2D eigenvalue weighted by Crippen LogP contribution is -2.01. The Kier molecular flexibility index (Phi) is 2.93. The number of hydrogen-bond donors (Lipinski definition) is 0. The molecule has 0 unspecified atom stereocenters. The first-order valence-electron chi connectivity index (χ1n) is 4.83. The number of oxazole rings is 1. The van der Waals surface area contributed by atoms with Crippen LogP contribution < -0.4 is 0 Å². The lowest BCUT2D eigenvalue weighted by atomic mass is 10.1. The minimum atomic E-state index is -0.0520. The van der Waals surface area contributed by atoms with Gasteiger partial charge in [-0.3, -0.25) is 4.79 Å². The second-order valence-corrected chi connectivity index (χ2v) is 3.25. The fourth-order valence-electron chi connectivity index (χ4n) is 1.37. The smallest absolute Gasteiger partial charge is 0.263 e. The van der Waals surface area contributed by atoms with Crippen LogP contribution in [-0.4, -0.2) is 10.8 Å². The highest BCUT2D eigenvalue weighted by atomic mass is 16.3. The summed E-state index contributed by atoms with van der Waals surface area (Å²) in [6.07, 6.45) is 4.05. The Hall–Kier alpha value is -1.90. The summed E-state index contributed by atoms with van der Waals surface area (Å²) >= 11 is 0. The standard InChI is InChI=1S/C12H11NO2/c14-11(12-13-8-9-15-12)7-6-10-4-2-1-3-5-10/h1-5,8-9H,6-7H2. The summed E-state index contributed by atoms with van der Waals surface area (Å²) in [5.41, 5.74) is 1.15. The van der Waals surface area contributed by atoms with Crippen molar-refractivity contribution in [3.05, 3.63) is 54.2 Å². The van der Waals surface area contributed by atoms with E-state index in [1.54, 1.807) is 0 Å². The van der Waals surface area contributed by atoms with E-state index in [0.29, 0.717) is 6.42 Å². The zero-order valence-corrected chi connectivity index (χ0v) is 8.22. The fraction of sp³-hybridized carbons (Fsp3) is 0.167. The highest BCUT2D eigenvalue weighted by Gasteiger charge is 2.09. The molecule has 0 aliphatic heterocycles. The third-order valence-corrected chi connectivity index (χ3v) is 2.15. The van der Waals surface area contributed by atoms with Crippen molar-refractivity contribution < 1.29 is 9.21 Å². The molecule has 0 amide bonds. The molecule has 0 radical (unpaired) electrons. The number of carbonyl (C=O) groups is 1. The molecule has 1 aromatic carbocycles. The van der Waals surface area contributed by atoms with E-state index in [0.717, 1.165) is 12.0 Å². The van der Waals surface area contributed by atoms with Gasteiger partial charge in [-0.15, -0.1) is 0 Å². The molecule has 76 valence electrons. The van der Waals surface area contributed by atoms with Gasteiger partial charge in [0, 0.05) is 6.42 Å². The minimum absolute atomic E-state index is 0.0520. The van der Waals surface area contributed by atoms with Gasteiger partial charge in [0.25, 0.3) is 5.89 Å². The van der Waals surface area contributed by atoms with Crippen molar-refractivity contribution in [3.63, 3.8) is 0 Å². The third-order valence-electron chi connectivity index (χ3n) is 2.15. The van der Waals surface area contributed by atoms with Crippen molar-refractivity contribution in [1.29, 1.82) is 0 Å². The van der Waals surface area contributed by atoms with Crippen LogP contribution >= 0.6 is 0 Å². The van der Waals surface area contributed by atoms with Crippen LogP contribution in [0.2, 0.25) is 0 Å². The molecular formula is C12H11NO2. The van der Waals surface area contributed by atoms with Crippen LogP contribution in [0.25, 0.3) is 0 Å². The first kappa shape index (κ1) is 9.65. The maximum Gasteiger partial charge on any atom is 0.263 e.